The van der Waals surface area contributed by atoms with Crippen molar-refractivity contribution in [3.63, 3.8) is 0 Å². The van der Waals surface area contributed by atoms with E-state index in [0.29, 0.717) is 24.0 Å². The first kappa shape index (κ1) is 19.0. The molecule has 0 bridgehead atoms. The van der Waals surface area contributed by atoms with E-state index in [1.165, 1.54) is 18.3 Å². The Labute approximate surface area is 149 Å². The van der Waals surface area contributed by atoms with Crippen LogP contribution in [-0.4, -0.2) is 16.9 Å². The average molecular weight is 389 g/mol. The van der Waals surface area contributed by atoms with Crippen LogP contribution in [0, 0.1) is 0 Å². The smallest absolute Gasteiger partial charge is 0.367 e. The number of hydrogen-bond donors (Lipinski definition) is 2. The number of hydrogen-bond acceptors (Lipinski definition) is 3. The number of amides is 1. The van der Waals surface area contributed by atoms with Gasteiger partial charge in [0, 0.05) is 17.9 Å². The Morgan fingerprint density at radius 2 is 1.56 bits per heavy atom. The number of rotatable bonds is 4. The van der Waals surface area contributed by atoms with Crippen LogP contribution in [0.15, 0.2) is 36.5 Å². The van der Waals surface area contributed by atoms with Crippen molar-refractivity contribution in [3.05, 3.63) is 53.2 Å². The van der Waals surface area contributed by atoms with Crippen LogP contribution in [0.1, 0.15) is 34.3 Å². The normalized spacial score (nSPS) is 14.7. The number of pyridine rings is 1. The van der Waals surface area contributed by atoms with Gasteiger partial charge >= 0.3 is 12.4 Å². The molecule has 1 aromatic carbocycles. The summed E-state index contributed by atoms with van der Waals surface area (Å²) in [5.41, 5.74) is -3.62. The summed E-state index contributed by atoms with van der Waals surface area (Å²) in [6, 6.07) is 4.12. The molecule has 0 radical (unpaired) electrons. The number of nitrogens with zero attached hydrogens (tertiary/aromatic N) is 1. The summed E-state index contributed by atoms with van der Waals surface area (Å²) >= 11 is 0. The third-order valence-corrected chi connectivity index (χ3v) is 3.80. The lowest BCUT2D eigenvalue weighted by Gasteiger charge is -2.15. The standard InChI is InChI=1S/C17H13F6N3O/c18-16(19,20)10-5-11(17(21,22)23)7-13(6-10)26-15(27)9-1-4-14(24-8-9)25-12-2-3-12/h1,4-8,12H,2-3H2,(H,24,25)(H,26,27). The van der Waals surface area contributed by atoms with Crippen molar-refractivity contribution in [3.8, 4) is 0 Å². The minimum absolute atomic E-state index is 0.00215. The monoisotopic (exact) mass is 389 g/mol. The number of aromatic nitrogens is 1. The van der Waals surface area contributed by atoms with Gasteiger partial charge < -0.3 is 10.6 Å². The molecule has 0 unspecified atom stereocenters. The fraction of sp³-hybridized carbons (Fsp3) is 0.294. The van der Waals surface area contributed by atoms with Gasteiger partial charge in [0.25, 0.3) is 5.91 Å². The van der Waals surface area contributed by atoms with E-state index in [1.807, 2.05) is 0 Å². The predicted molar refractivity (Wildman–Crippen MR) is 85.3 cm³/mol. The maximum Gasteiger partial charge on any atom is 0.416 e. The van der Waals surface area contributed by atoms with Crippen molar-refractivity contribution in [1.82, 2.24) is 4.98 Å². The molecular weight excluding hydrogens is 376 g/mol. The molecule has 3 rings (SSSR count). The number of benzene rings is 1. The van der Waals surface area contributed by atoms with Gasteiger partial charge in [0.15, 0.2) is 0 Å². The van der Waals surface area contributed by atoms with Crippen LogP contribution in [0.3, 0.4) is 0 Å². The number of alkyl halides is 6. The third-order valence-electron chi connectivity index (χ3n) is 3.80. The van der Waals surface area contributed by atoms with Gasteiger partial charge in [-0.2, -0.15) is 26.3 Å². The maximum absolute atomic E-state index is 12.9. The van der Waals surface area contributed by atoms with Crippen molar-refractivity contribution in [2.45, 2.75) is 31.2 Å². The van der Waals surface area contributed by atoms with Gasteiger partial charge in [-0.15, -0.1) is 0 Å². The highest BCUT2D eigenvalue weighted by molar-refractivity contribution is 6.04. The number of anilines is 2. The fourth-order valence-electron chi connectivity index (χ4n) is 2.28. The molecule has 1 fully saturated rings. The van der Waals surface area contributed by atoms with Crippen LogP contribution in [0.25, 0.3) is 0 Å². The van der Waals surface area contributed by atoms with Crippen LogP contribution in [-0.2, 0) is 12.4 Å². The molecule has 144 valence electrons. The zero-order chi connectivity index (χ0) is 19.8. The molecule has 27 heavy (non-hydrogen) atoms. The highest BCUT2D eigenvalue weighted by Gasteiger charge is 2.37. The van der Waals surface area contributed by atoms with Gasteiger partial charge in [0.05, 0.1) is 16.7 Å². The summed E-state index contributed by atoms with van der Waals surface area (Å²) in [6.07, 6.45) is -6.75. The van der Waals surface area contributed by atoms with Crippen LogP contribution in [0.5, 0.6) is 0 Å². The fourth-order valence-corrected chi connectivity index (χ4v) is 2.28. The van der Waals surface area contributed by atoms with Crippen molar-refractivity contribution in [1.29, 1.82) is 0 Å². The quantitative estimate of drug-likeness (QED) is 0.728. The lowest BCUT2D eigenvalue weighted by molar-refractivity contribution is -0.143. The molecule has 2 N–H and O–H groups in total. The summed E-state index contributed by atoms with van der Waals surface area (Å²) in [7, 11) is 0. The Hall–Kier alpha value is -2.78. The van der Waals surface area contributed by atoms with E-state index >= 15 is 0 Å². The zero-order valence-electron chi connectivity index (χ0n) is 13.6. The lowest BCUT2D eigenvalue weighted by atomic mass is 10.1. The zero-order valence-corrected chi connectivity index (χ0v) is 13.6. The predicted octanol–water partition coefficient (Wildman–Crippen LogP) is 4.95. The SMILES string of the molecule is O=C(Nc1cc(C(F)(F)F)cc(C(F)(F)F)c1)c1ccc(NC2CC2)nc1. The van der Waals surface area contributed by atoms with E-state index in [2.05, 4.69) is 15.6 Å². The minimum Gasteiger partial charge on any atom is -0.367 e. The van der Waals surface area contributed by atoms with Crippen LogP contribution < -0.4 is 10.6 Å². The Morgan fingerprint density at radius 1 is 0.963 bits per heavy atom. The maximum atomic E-state index is 12.9. The van der Waals surface area contributed by atoms with E-state index in [1.54, 1.807) is 0 Å². The summed E-state index contributed by atoms with van der Waals surface area (Å²) in [4.78, 5) is 16.2. The summed E-state index contributed by atoms with van der Waals surface area (Å²) in [6.45, 7) is 0. The molecule has 1 heterocycles. The van der Waals surface area contributed by atoms with Gasteiger partial charge in [-0.1, -0.05) is 0 Å². The highest BCUT2D eigenvalue weighted by atomic mass is 19.4. The van der Waals surface area contributed by atoms with Crippen molar-refractivity contribution < 1.29 is 31.1 Å². The average Bonchev–Trinajstić information content (AvgIpc) is 3.37. The number of halogens is 6. The highest BCUT2D eigenvalue weighted by Crippen LogP contribution is 2.37. The van der Waals surface area contributed by atoms with Crippen LogP contribution >= 0.6 is 0 Å². The van der Waals surface area contributed by atoms with Gasteiger partial charge in [-0.05, 0) is 43.2 Å². The summed E-state index contributed by atoms with van der Waals surface area (Å²) in [5.74, 6) is -0.333. The first-order chi connectivity index (χ1) is 12.5. The molecule has 1 aromatic heterocycles. The second kappa shape index (κ2) is 6.75. The lowest BCUT2D eigenvalue weighted by Crippen LogP contribution is -2.16. The van der Waals surface area contributed by atoms with E-state index in [0.717, 1.165) is 12.8 Å². The molecule has 4 nitrogen and oxygen atoms in total. The Morgan fingerprint density at radius 3 is 2.00 bits per heavy atom. The third kappa shape index (κ3) is 4.89. The van der Waals surface area contributed by atoms with Crippen LogP contribution in [0.4, 0.5) is 37.8 Å². The first-order valence-corrected chi connectivity index (χ1v) is 7.86. The molecule has 1 aliphatic rings. The van der Waals surface area contributed by atoms with Gasteiger partial charge in [0.2, 0.25) is 0 Å². The summed E-state index contributed by atoms with van der Waals surface area (Å²) < 4.78 is 77.1. The number of nitrogens with one attached hydrogen (secondary N) is 2. The molecule has 0 spiro atoms. The van der Waals surface area contributed by atoms with Gasteiger partial charge in [0.1, 0.15) is 5.82 Å². The van der Waals surface area contributed by atoms with Crippen molar-refractivity contribution in [2.75, 3.05) is 10.6 Å². The van der Waals surface area contributed by atoms with E-state index in [4.69, 9.17) is 0 Å². The van der Waals surface area contributed by atoms with E-state index < -0.39 is 35.1 Å². The van der Waals surface area contributed by atoms with Gasteiger partial charge in [-0.3, -0.25) is 4.79 Å². The molecule has 0 atom stereocenters. The topological polar surface area (TPSA) is 54.0 Å². The Balaban J connectivity index is 1.81. The minimum atomic E-state index is -4.99. The Kier molecular flexibility index (Phi) is 4.75. The number of carbonyl (C=O) groups excluding carboxylic acids is 1. The van der Waals surface area contributed by atoms with Gasteiger partial charge in [-0.25, -0.2) is 4.98 Å². The molecule has 1 saturated carbocycles. The molecule has 0 aliphatic heterocycles. The largest absolute Gasteiger partial charge is 0.416 e. The van der Waals surface area contributed by atoms with Crippen LogP contribution in [0.2, 0.25) is 0 Å². The first-order valence-electron chi connectivity index (χ1n) is 7.86. The second-order valence-electron chi connectivity index (χ2n) is 6.10. The Bertz CT molecular complexity index is 809. The number of carbonyl (C=O) groups is 1. The summed E-state index contributed by atoms with van der Waals surface area (Å²) in [5, 5.41) is 5.14. The molecule has 0 saturated heterocycles. The molecule has 10 heteroatoms. The molecule has 1 amide bonds. The molecule has 1 aliphatic carbocycles. The van der Waals surface area contributed by atoms with E-state index in [-0.39, 0.29) is 11.6 Å². The molecular formula is C17H13F6N3O. The van der Waals surface area contributed by atoms with Crippen molar-refractivity contribution >= 4 is 17.4 Å². The van der Waals surface area contributed by atoms with Crippen molar-refractivity contribution in [2.24, 2.45) is 0 Å². The van der Waals surface area contributed by atoms with E-state index in [9.17, 15) is 31.1 Å². The molecule has 2 aromatic rings. The second-order valence-corrected chi connectivity index (χ2v) is 6.10.